The van der Waals surface area contributed by atoms with Crippen LogP contribution in [0, 0.1) is 24.0 Å². The fourth-order valence-electron chi connectivity index (χ4n) is 3.01. The number of pyridine rings is 1. The molecule has 150 valence electrons. The van der Waals surface area contributed by atoms with Crippen molar-refractivity contribution in [1.82, 2.24) is 15.1 Å². The number of ether oxygens (including phenoxy) is 1. The van der Waals surface area contributed by atoms with E-state index in [2.05, 4.69) is 15.1 Å². The van der Waals surface area contributed by atoms with Crippen LogP contribution in [0.15, 0.2) is 53.1 Å². The smallest absolute Gasteiger partial charge is 0.339 e. The molecule has 0 aliphatic heterocycles. The van der Waals surface area contributed by atoms with Crippen LogP contribution in [-0.4, -0.2) is 26.0 Å². The van der Waals surface area contributed by atoms with Gasteiger partial charge in [-0.25, -0.2) is 4.79 Å². The van der Waals surface area contributed by atoms with Gasteiger partial charge < -0.3 is 9.26 Å². The van der Waals surface area contributed by atoms with Gasteiger partial charge in [0.05, 0.1) is 16.0 Å². The van der Waals surface area contributed by atoms with Crippen LogP contribution in [0.3, 0.4) is 0 Å². The van der Waals surface area contributed by atoms with E-state index in [4.69, 9.17) is 9.26 Å². The zero-order chi connectivity index (χ0) is 21.3. The van der Waals surface area contributed by atoms with Gasteiger partial charge in [0.25, 0.3) is 11.6 Å². The maximum atomic E-state index is 12.7. The van der Waals surface area contributed by atoms with Crippen molar-refractivity contribution in [2.24, 2.45) is 0 Å². The normalized spacial score (nSPS) is 10.9. The summed E-state index contributed by atoms with van der Waals surface area (Å²) in [6.45, 7) is 3.55. The Morgan fingerprint density at radius 1 is 1.10 bits per heavy atom. The average Bonchev–Trinajstić information content (AvgIpc) is 3.21. The quantitative estimate of drug-likeness (QED) is 0.276. The molecule has 0 fully saturated rings. The number of carbonyl (C=O) groups excluding carboxylic acids is 1. The Hall–Kier alpha value is -4.14. The summed E-state index contributed by atoms with van der Waals surface area (Å²) in [7, 11) is 0. The van der Waals surface area contributed by atoms with Crippen molar-refractivity contribution < 1.29 is 19.0 Å². The molecular formula is C21H16N4O5. The molecule has 2 aromatic carbocycles. The lowest BCUT2D eigenvalue weighted by molar-refractivity contribution is -0.384. The summed E-state index contributed by atoms with van der Waals surface area (Å²) in [5.74, 6) is -0.161. The fourth-order valence-corrected chi connectivity index (χ4v) is 3.01. The Bertz CT molecular complexity index is 1260. The van der Waals surface area contributed by atoms with E-state index in [1.54, 1.807) is 6.07 Å². The summed E-state index contributed by atoms with van der Waals surface area (Å²) < 4.78 is 10.5. The maximum Gasteiger partial charge on any atom is 0.339 e. The molecule has 0 bridgehead atoms. The number of carbonyl (C=O) groups is 1. The van der Waals surface area contributed by atoms with Gasteiger partial charge in [-0.15, -0.1) is 0 Å². The molecule has 0 atom stereocenters. The highest BCUT2D eigenvalue weighted by Crippen LogP contribution is 2.22. The Kier molecular flexibility index (Phi) is 4.93. The standard InChI is InChI=1S/C21H16N4O5/c1-12-3-8-18-16(9-12)17(10-13(2)22-18)21(26)29-11-19-23-20(24-30-19)14-4-6-15(7-5-14)25(27)28/h3-10H,11H2,1-2H3. The van der Waals surface area contributed by atoms with Crippen molar-refractivity contribution in [3.05, 3.63) is 81.4 Å². The summed E-state index contributed by atoms with van der Waals surface area (Å²) in [6, 6.07) is 13.1. The van der Waals surface area contributed by atoms with Crippen LogP contribution in [0.5, 0.6) is 0 Å². The number of aromatic nitrogens is 3. The van der Waals surface area contributed by atoms with Gasteiger partial charge in [0, 0.05) is 28.8 Å². The number of rotatable bonds is 5. The number of fused-ring (bicyclic) bond motifs is 1. The van der Waals surface area contributed by atoms with Crippen molar-refractivity contribution in [2.75, 3.05) is 0 Å². The molecule has 0 aliphatic carbocycles. The van der Waals surface area contributed by atoms with Crippen LogP contribution in [0.4, 0.5) is 5.69 Å². The monoisotopic (exact) mass is 404 g/mol. The van der Waals surface area contributed by atoms with Crippen LogP contribution in [0.2, 0.25) is 0 Å². The van der Waals surface area contributed by atoms with E-state index in [0.29, 0.717) is 27.7 Å². The summed E-state index contributed by atoms with van der Waals surface area (Å²) >= 11 is 0. The molecule has 9 heteroatoms. The van der Waals surface area contributed by atoms with Crippen LogP contribution in [-0.2, 0) is 11.3 Å². The largest absolute Gasteiger partial charge is 0.452 e. The Labute approximate surface area is 170 Å². The fraction of sp³-hybridized carbons (Fsp3) is 0.143. The zero-order valence-electron chi connectivity index (χ0n) is 16.2. The van der Waals surface area contributed by atoms with Crippen molar-refractivity contribution >= 4 is 22.6 Å². The third-order valence-corrected chi connectivity index (χ3v) is 4.44. The van der Waals surface area contributed by atoms with Crippen molar-refractivity contribution in [3.63, 3.8) is 0 Å². The molecule has 4 rings (SSSR count). The van der Waals surface area contributed by atoms with Gasteiger partial charge in [-0.05, 0) is 44.2 Å². The molecule has 0 saturated carbocycles. The van der Waals surface area contributed by atoms with E-state index >= 15 is 0 Å². The molecule has 30 heavy (non-hydrogen) atoms. The number of hydrogen-bond donors (Lipinski definition) is 0. The Balaban J connectivity index is 1.51. The number of non-ortho nitro benzene ring substituents is 1. The van der Waals surface area contributed by atoms with Crippen molar-refractivity contribution in [2.45, 2.75) is 20.5 Å². The predicted octanol–water partition coefficient (Wildman–Crippen LogP) is 4.17. The van der Waals surface area contributed by atoms with Crippen molar-refractivity contribution in [3.8, 4) is 11.4 Å². The first kappa shape index (κ1) is 19.2. The molecular weight excluding hydrogens is 388 g/mol. The van der Waals surface area contributed by atoms with Gasteiger partial charge >= 0.3 is 5.97 Å². The molecule has 0 N–H and O–H groups in total. The first-order chi connectivity index (χ1) is 14.4. The van der Waals surface area contributed by atoms with Crippen LogP contribution in [0.25, 0.3) is 22.3 Å². The van der Waals surface area contributed by atoms with E-state index in [-0.39, 0.29) is 24.0 Å². The lowest BCUT2D eigenvalue weighted by Gasteiger charge is -2.08. The van der Waals surface area contributed by atoms with Gasteiger partial charge in [0.2, 0.25) is 5.82 Å². The summed E-state index contributed by atoms with van der Waals surface area (Å²) in [5, 5.41) is 15.3. The van der Waals surface area contributed by atoms with E-state index in [1.165, 1.54) is 24.3 Å². The first-order valence-electron chi connectivity index (χ1n) is 9.03. The molecule has 2 aromatic heterocycles. The predicted molar refractivity (Wildman–Crippen MR) is 107 cm³/mol. The minimum absolute atomic E-state index is 0.0356. The average molecular weight is 404 g/mol. The van der Waals surface area contributed by atoms with Gasteiger partial charge in [-0.3, -0.25) is 15.1 Å². The van der Waals surface area contributed by atoms with Gasteiger partial charge in [0.15, 0.2) is 6.61 Å². The van der Waals surface area contributed by atoms with E-state index in [9.17, 15) is 14.9 Å². The lowest BCUT2D eigenvalue weighted by Crippen LogP contribution is -2.07. The second-order valence-electron chi connectivity index (χ2n) is 6.72. The minimum atomic E-state index is -0.522. The van der Waals surface area contributed by atoms with Gasteiger partial charge in [0.1, 0.15) is 0 Å². The molecule has 0 spiro atoms. The number of nitro groups is 1. The lowest BCUT2D eigenvalue weighted by atomic mass is 10.1. The highest BCUT2D eigenvalue weighted by molar-refractivity contribution is 6.03. The number of nitro benzene ring substituents is 1. The molecule has 0 unspecified atom stereocenters. The minimum Gasteiger partial charge on any atom is -0.452 e. The number of aryl methyl sites for hydroxylation is 2. The SMILES string of the molecule is Cc1ccc2nc(C)cc(C(=O)OCc3nc(-c4ccc([N+](=O)[O-])cc4)no3)c2c1. The van der Waals surface area contributed by atoms with Crippen LogP contribution in [0.1, 0.15) is 27.5 Å². The second-order valence-corrected chi connectivity index (χ2v) is 6.72. The topological polar surface area (TPSA) is 121 Å². The second kappa shape index (κ2) is 7.70. The highest BCUT2D eigenvalue weighted by atomic mass is 16.6. The number of hydrogen-bond acceptors (Lipinski definition) is 8. The number of nitrogens with zero attached hydrogens (tertiary/aromatic N) is 4. The molecule has 0 radical (unpaired) electrons. The third-order valence-electron chi connectivity index (χ3n) is 4.44. The molecule has 0 amide bonds. The summed E-state index contributed by atoms with van der Waals surface area (Å²) in [4.78, 5) is 31.5. The Morgan fingerprint density at radius 3 is 2.60 bits per heavy atom. The zero-order valence-corrected chi connectivity index (χ0v) is 16.2. The van der Waals surface area contributed by atoms with Gasteiger partial charge in [-0.1, -0.05) is 16.8 Å². The van der Waals surface area contributed by atoms with E-state index in [0.717, 1.165) is 5.56 Å². The first-order valence-corrected chi connectivity index (χ1v) is 9.03. The molecule has 0 saturated heterocycles. The molecule has 0 aliphatic rings. The molecule has 2 heterocycles. The molecule has 9 nitrogen and oxygen atoms in total. The van der Waals surface area contributed by atoms with E-state index in [1.807, 2.05) is 32.0 Å². The van der Waals surface area contributed by atoms with Gasteiger partial charge in [-0.2, -0.15) is 4.98 Å². The summed E-state index contributed by atoms with van der Waals surface area (Å²) in [6.07, 6.45) is 0. The van der Waals surface area contributed by atoms with Crippen LogP contribution >= 0.6 is 0 Å². The summed E-state index contributed by atoms with van der Waals surface area (Å²) in [5.41, 5.74) is 3.35. The van der Waals surface area contributed by atoms with E-state index < -0.39 is 10.9 Å². The maximum absolute atomic E-state index is 12.7. The number of benzene rings is 2. The highest BCUT2D eigenvalue weighted by Gasteiger charge is 2.16. The molecule has 4 aromatic rings. The third kappa shape index (κ3) is 3.86. The Morgan fingerprint density at radius 2 is 1.87 bits per heavy atom. The van der Waals surface area contributed by atoms with Crippen molar-refractivity contribution in [1.29, 1.82) is 0 Å². The van der Waals surface area contributed by atoms with Crippen LogP contribution < -0.4 is 0 Å². The number of esters is 1.